The number of carbonyl (C=O) groups excluding carboxylic acids is 1. The molecule has 0 rings (SSSR count). The highest BCUT2D eigenvalue weighted by Crippen LogP contribution is 2.36. The van der Waals surface area contributed by atoms with Crippen LogP contribution >= 0.6 is 0 Å². The van der Waals surface area contributed by atoms with Crippen molar-refractivity contribution in [3.63, 3.8) is 0 Å². The van der Waals surface area contributed by atoms with Gasteiger partial charge in [0.1, 0.15) is 0 Å². The molecule has 0 amide bonds. The molecule has 4 heteroatoms. The van der Waals surface area contributed by atoms with E-state index in [2.05, 4.69) is 56.2 Å². The highest BCUT2D eigenvalue weighted by atomic mass is 28.4. The van der Waals surface area contributed by atoms with Crippen LogP contribution in [0.4, 0.5) is 0 Å². The summed E-state index contributed by atoms with van der Waals surface area (Å²) in [7, 11) is -1.68. The van der Waals surface area contributed by atoms with Crippen LogP contribution in [0, 0.1) is 11.8 Å². The Labute approximate surface area is 117 Å². The Kier molecular flexibility index (Phi) is 7.47. The molecule has 0 aliphatic carbocycles. The number of rotatable bonds is 4. The average Bonchev–Trinajstić information content (AvgIpc) is 2.24. The summed E-state index contributed by atoms with van der Waals surface area (Å²) in [6.07, 6.45) is 3.42. The maximum atomic E-state index is 10.5. The van der Waals surface area contributed by atoms with Crippen molar-refractivity contribution in [1.82, 2.24) is 0 Å². The lowest BCUT2D eigenvalue weighted by molar-refractivity contribution is -0.139. The summed E-state index contributed by atoms with van der Waals surface area (Å²) < 4.78 is 10.6. The Morgan fingerprint density at radius 1 is 1.32 bits per heavy atom. The molecular weight excluding hydrogens is 256 g/mol. The molecule has 0 radical (unpaired) electrons. The fourth-order valence-electron chi connectivity index (χ4n) is 0.846. The van der Waals surface area contributed by atoms with Crippen molar-refractivity contribution in [2.45, 2.75) is 45.8 Å². The van der Waals surface area contributed by atoms with Gasteiger partial charge in [-0.1, -0.05) is 32.6 Å². The molecule has 0 aliphatic heterocycles. The molecule has 0 heterocycles. The largest absolute Gasteiger partial charge is 0.453 e. The van der Waals surface area contributed by atoms with Crippen molar-refractivity contribution in [3.05, 3.63) is 17.9 Å². The number of esters is 1. The van der Waals surface area contributed by atoms with Crippen LogP contribution in [0.15, 0.2) is 17.9 Å². The summed E-state index contributed by atoms with van der Waals surface area (Å²) in [5.74, 6) is 5.09. The van der Waals surface area contributed by atoms with Gasteiger partial charge in [-0.2, -0.15) is 0 Å². The number of ether oxygens (including phenoxy) is 1. The summed E-state index contributed by atoms with van der Waals surface area (Å²) in [5.41, 5.74) is 2.93. The molecule has 0 aliphatic rings. The smallest absolute Gasteiger partial charge is 0.303 e. The van der Waals surface area contributed by atoms with Gasteiger partial charge in [0.25, 0.3) is 0 Å². The molecule has 3 nitrogen and oxygen atoms in total. The molecule has 0 bridgehead atoms. The minimum Gasteiger partial charge on any atom is -0.453 e. The monoisotopic (exact) mass is 280 g/mol. The molecular formula is C15H24O3Si. The third-order valence-electron chi connectivity index (χ3n) is 3.06. The van der Waals surface area contributed by atoms with E-state index in [9.17, 15) is 4.79 Å². The SMILES string of the molecule is CC(=O)OCC#CC=C=CCO[Si](C)(C)C(C)(C)C. The van der Waals surface area contributed by atoms with Gasteiger partial charge >= 0.3 is 5.97 Å². The molecule has 0 aromatic rings. The van der Waals surface area contributed by atoms with Gasteiger partial charge in [0, 0.05) is 13.0 Å². The highest BCUT2D eigenvalue weighted by Gasteiger charge is 2.36. The number of carbonyl (C=O) groups is 1. The first-order valence-electron chi connectivity index (χ1n) is 6.32. The quantitative estimate of drug-likeness (QED) is 0.343. The Hall–Kier alpha value is -1.27. The van der Waals surface area contributed by atoms with Gasteiger partial charge in [0.2, 0.25) is 0 Å². The van der Waals surface area contributed by atoms with Gasteiger partial charge in [0.05, 0.1) is 6.61 Å². The van der Waals surface area contributed by atoms with Crippen LogP contribution in [0.2, 0.25) is 18.1 Å². The van der Waals surface area contributed by atoms with Crippen LogP contribution in [0.5, 0.6) is 0 Å². The highest BCUT2D eigenvalue weighted by molar-refractivity contribution is 6.74. The second kappa shape index (κ2) is 8.01. The lowest BCUT2D eigenvalue weighted by Crippen LogP contribution is -2.40. The second-order valence-electron chi connectivity index (χ2n) is 5.69. The maximum Gasteiger partial charge on any atom is 0.303 e. The van der Waals surface area contributed by atoms with Crippen LogP contribution < -0.4 is 0 Å². The van der Waals surface area contributed by atoms with E-state index in [1.54, 1.807) is 6.08 Å². The Morgan fingerprint density at radius 2 is 1.95 bits per heavy atom. The number of hydrogen-bond acceptors (Lipinski definition) is 3. The van der Waals surface area contributed by atoms with Crippen LogP contribution in [0.25, 0.3) is 0 Å². The molecule has 0 unspecified atom stereocenters. The normalized spacial score (nSPS) is 10.8. The first-order valence-corrected chi connectivity index (χ1v) is 9.23. The molecule has 106 valence electrons. The lowest BCUT2D eigenvalue weighted by atomic mass is 10.2. The Balaban J connectivity index is 4.07. The van der Waals surface area contributed by atoms with Crippen LogP contribution in [-0.4, -0.2) is 27.5 Å². The fourth-order valence-corrected chi connectivity index (χ4v) is 1.78. The third-order valence-corrected chi connectivity index (χ3v) is 7.56. The van der Waals surface area contributed by atoms with E-state index in [4.69, 9.17) is 4.43 Å². The van der Waals surface area contributed by atoms with Crippen molar-refractivity contribution < 1.29 is 14.0 Å². The summed E-state index contributed by atoms with van der Waals surface area (Å²) in [5, 5.41) is 0.217. The van der Waals surface area contributed by atoms with Crippen LogP contribution in [0.3, 0.4) is 0 Å². The van der Waals surface area contributed by atoms with Crippen molar-refractivity contribution in [2.75, 3.05) is 13.2 Å². The van der Waals surface area contributed by atoms with Gasteiger partial charge in [-0.25, -0.2) is 0 Å². The first-order chi connectivity index (χ1) is 8.67. The minimum absolute atomic E-state index is 0.119. The molecule has 0 saturated heterocycles. The first kappa shape index (κ1) is 17.7. The Bertz CT molecular complexity index is 413. The minimum atomic E-state index is -1.68. The maximum absolute atomic E-state index is 10.5. The predicted octanol–water partition coefficient (Wildman–Crippen LogP) is 3.29. The van der Waals surface area contributed by atoms with Crippen molar-refractivity contribution in [3.8, 4) is 11.8 Å². The van der Waals surface area contributed by atoms with Crippen LogP contribution in [-0.2, 0) is 14.0 Å². The zero-order chi connectivity index (χ0) is 14.9. The number of hydrogen-bond donors (Lipinski definition) is 0. The molecule has 19 heavy (non-hydrogen) atoms. The Morgan fingerprint density at radius 3 is 2.47 bits per heavy atom. The van der Waals surface area contributed by atoms with Gasteiger partial charge in [-0.05, 0) is 24.2 Å². The van der Waals surface area contributed by atoms with Crippen molar-refractivity contribution >= 4 is 14.3 Å². The van der Waals surface area contributed by atoms with E-state index in [1.165, 1.54) is 6.92 Å². The molecule has 0 spiro atoms. The van der Waals surface area contributed by atoms with E-state index < -0.39 is 8.32 Å². The summed E-state index contributed by atoms with van der Waals surface area (Å²) in [6, 6.07) is 0. The zero-order valence-electron chi connectivity index (χ0n) is 12.8. The summed E-state index contributed by atoms with van der Waals surface area (Å²) in [6.45, 7) is 13.1. The standard InChI is InChI=1S/C15H24O3Si/c1-14(16)17-12-10-8-7-9-11-13-18-19(5,6)15(2,3)4/h7,11H,12-13H2,1-6H3. The average molecular weight is 280 g/mol. The van der Waals surface area contributed by atoms with E-state index in [1.807, 2.05) is 6.08 Å². The van der Waals surface area contributed by atoms with E-state index in [0.717, 1.165) is 0 Å². The van der Waals surface area contributed by atoms with Gasteiger partial charge < -0.3 is 9.16 Å². The third kappa shape index (κ3) is 8.44. The van der Waals surface area contributed by atoms with E-state index in [-0.39, 0.29) is 17.6 Å². The summed E-state index contributed by atoms with van der Waals surface area (Å²) >= 11 is 0. The van der Waals surface area contributed by atoms with E-state index in [0.29, 0.717) is 6.61 Å². The second-order valence-corrected chi connectivity index (χ2v) is 10.5. The van der Waals surface area contributed by atoms with Crippen molar-refractivity contribution in [1.29, 1.82) is 0 Å². The summed E-state index contributed by atoms with van der Waals surface area (Å²) in [4.78, 5) is 10.5. The van der Waals surface area contributed by atoms with Gasteiger partial charge in [0.15, 0.2) is 14.9 Å². The molecule has 0 atom stereocenters. The zero-order valence-corrected chi connectivity index (χ0v) is 13.8. The molecule has 0 N–H and O–H groups in total. The topological polar surface area (TPSA) is 35.5 Å². The lowest BCUT2D eigenvalue weighted by Gasteiger charge is -2.35. The van der Waals surface area contributed by atoms with Crippen LogP contribution in [0.1, 0.15) is 27.7 Å². The molecule has 0 saturated carbocycles. The van der Waals surface area contributed by atoms with Gasteiger partial charge in [-0.15, -0.1) is 5.73 Å². The molecule has 0 fully saturated rings. The molecule has 0 aromatic carbocycles. The predicted molar refractivity (Wildman–Crippen MR) is 80.2 cm³/mol. The van der Waals surface area contributed by atoms with E-state index >= 15 is 0 Å². The fraction of sp³-hybridized carbons (Fsp3) is 0.600. The van der Waals surface area contributed by atoms with Crippen molar-refractivity contribution in [2.24, 2.45) is 0 Å². The molecule has 0 aromatic heterocycles. The van der Waals surface area contributed by atoms with Gasteiger partial charge in [-0.3, -0.25) is 4.79 Å².